The van der Waals surface area contributed by atoms with Gasteiger partial charge in [-0.2, -0.15) is 0 Å². The normalized spacial score (nSPS) is 11.5. The van der Waals surface area contributed by atoms with Gasteiger partial charge in [-0.15, -0.1) is 0 Å². The number of rotatable bonds is 6. The van der Waals surface area contributed by atoms with Gasteiger partial charge in [0, 0.05) is 24.2 Å². The van der Waals surface area contributed by atoms with E-state index in [1.807, 2.05) is 6.07 Å². The minimum Gasteiger partial charge on any atom is -0.494 e. The molecule has 0 radical (unpaired) electrons. The lowest BCUT2D eigenvalue weighted by molar-refractivity contribution is 0.0985. The lowest BCUT2D eigenvalue weighted by atomic mass is 10.2. The lowest BCUT2D eigenvalue weighted by Gasteiger charge is -2.20. The molecule has 0 fully saturated rings. The summed E-state index contributed by atoms with van der Waals surface area (Å²) in [5.74, 6) is 0.223. The number of halogens is 1. The maximum atomic E-state index is 13.5. The Kier molecular flexibility index (Phi) is 6.14. The first-order chi connectivity index (χ1) is 15.3. The number of amides is 1. The van der Waals surface area contributed by atoms with Crippen molar-refractivity contribution in [1.82, 2.24) is 9.97 Å². The number of fused-ring (bicyclic) bond motifs is 1. The van der Waals surface area contributed by atoms with Crippen molar-refractivity contribution in [2.24, 2.45) is 0 Å². The van der Waals surface area contributed by atoms with E-state index >= 15 is 0 Å². The molecule has 0 N–H and O–H groups in total. The molecular weight excluding hydrogens is 470 g/mol. The molecular formula is C22H18ClN3O4S2. The van der Waals surface area contributed by atoms with Crippen LogP contribution in [0.2, 0.25) is 5.02 Å². The number of thiazole rings is 1. The van der Waals surface area contributed by atoms with E-state index in [2.05, 4.69) is 9.97 Å². The van der Waals surface area contributed by atoms with Gasteiger partial charge in [0.1, 0.15) is 11.3 Å². The highest BCUT2D eigenvalue weighted by atomic mass is 35.5. The van der Waals surface area contributed by atoms with Crippen LogP contribution in [0.3, 0.4) is 0 Å². The van der Waals surface area contributed by atoms with Gasteiger partial charge in [-0.3, -0.25) is 14.7 Å². The summed E-state index contributed by atoms with van der Waals surface area (Å²) in [4.78, 5) is 23.9. The van der Waals surface area contributed by atoms with Crippen LogP contribution in [0.15, 0.2) is 65.8 Å². The molecule has 2 aromatic carbocycles. The molecule has 0 saturated carbocycles. The monoisotopic (exact) mass is 487 g/mol. The summed E-state index contributed by atoms with van der Waals surface area (Å²) in [5.41, 5.74) is 1.71. The van der Waals surface area contributed by atoms with Gasteiger partial charge in [-0.1, -0.05) is 29.0 Å². The van der Waals surface area contributed by atoms with Crippen molar-refractivity contribution in [2.45, 2.75) is 11.4 Å². The number of carbonyl (C=O) groups excluding carboxylic acids is 1. The number of anilines is 1. The molecule has 32 heavy (non-hydrogen) atoms. The van der Waals surface area contributed by atoms with Crippen LogP contribution in [-0.4, -0.2) is 37.7 Å². The molecule has 4 aromatic rings. The Morgan fingerprint density at radius 2 is 1.91 bits per heavy atom. The van der Waals surface area contributed by atoms with Gasteiger partial charge < -0.3 is 4.74 Å². The zero-order chi connectivity index (χ0) is 22.9. The van der Waals surface area contributed by atoms with E-state index in [0.29, 0.717) is 31.7 Å². The summed E-state index contributed by atoms with van der Waals surface area (Å²) in [6.07, 6.45) is 4.45. The zero-order valence-corrected chi connectivity index (χ0v) is 19.5. The Bertz CT molecular complexity index is 1390. The van der Waals surface area contributed by atoms with Gasteiger partial charge in [0.25, 0.3) is 5.91 Å². The first-order valence-electron chi connectivity index (χ1n) is 9.42. The van der Waals surface area contributed by atoms with E-state index in [1.165, 1.54) is 40.5 Å². The fourth-order valence-electron chi connectivity index (χ4n) is 3.12. The lowest BCUT2D eigenvalue weighted by Crippen LogP contribution is -2.30. The van der Waals surface area contributed by atoms with Crippen LogP contribution in [0, 0.1) is 0 Å². The number of ether oxygens (including phenoxy) is 1. The second-order valence-corrected chi connectivity index (χ2v) is 10.4. The molecule has 2 aromatic heterocycles. The Balaban J connectivity index is 1.80. The van der Waals surface area contributed by atoms with Crippen LogP contribution in [0.1, 0.15) is 15.9 Å². The molecule has 2 heterocycles. The first-order valence-corrected chi connectivity index (χ1v) is 12.5. The van der Waals surface area contributed by atoms with E-state index in [4.69, 9.17) is 16.3 Å². The molecule has 0 spiro atoms. The standard InChI is InChI=1S/C22H18ClN3O4S2/c1-30-18-10-9-17(23)20-19(18)25-22(31-20)26(13-14-4-3-11-24-12-14)21(27)15-5-7-16(8-6-15)32(2,28)29/h3-12H,13H2,1-2H3. The molecule has 0 aliphatic heterocycles. The molecule has 0 bridgehead atoms. The summed E-state index contributed by atoms with van der Waals surface area (Å²) < 4.78 is 29.6. The van der Waals surface area contributed by atoms with Crippen LogP contribution >= 0.6 is 22.9 Å². The molecule has 1 amide bonds. The van der Waals surface area contributed by atoms with Crippen molar-refractivity contribution >= 4 is 54.0 Å². The Hall–Kier alpha value is -3.01. The third-order valence-electron chi connectivity index (χ3n) is 4.74. The molecule has 0 unspecified atom stereocenters. The van der Waals surface area contributed by atoms with E-state index in [1.54, 1.807) is 37.7 Å². The van der Waals surface area contributed by atoms with Crippen molar-refractivity contribution < 1.29 is 17.9 Å². The number of benzene rings is 2. The summed E-state index contributed by atoms with van der Waals surface area (Å²) in [5, 5.41) is 0.947. The van der Waals surface area contributed by atoms with Gasteiger partial charge in [-0.25, -0.2) is 13.4 Å². The molecule has 0 aliphatic rings. The second-order valence-electron chi connectivity index (χ2n) is 6.97. The summed E-state index contributed by atoms with van der Waals surface area (Å²) in [6, 6.07) is 12.9. The summed E-state index contributed by atoms with van der Waals surface area (Å²) in [7, 11) is -1.82. The molecule has 4 rings (SSSR count). The Morgan fingerprint density at radius 3 is 2.53 bits per heavy atom. The van der Waals surface area contributed by atoms with Crippen molar-refractivity contribution in [1.29, 1.82) is 0 Å². The van der Waals surface area contributed by atoms with E-state index in [0.717, 1.165) is 11.8 Å². The van der Waals surface area contributed by atoms with Crippen molar-refractivity contribution in [2.75, 3.05) is 18.3 Å². The fraction of sp³-hybridized carbons (Fsp3) is 0.136. The second kappa shape index (κ2) is 8.85. The highest BCUT2D eigenvalue weighted by molar-refractivity contribution is 7.90. The Labute approximate surface area is 194 Å². The highest BCUT2D eigenvalue weighted by Gasteiger charge is 2.24. The number of aromatic nitrogens is 2. The maximum Gasteiger partial charge on any atom is 0.260 e. The third kappa shape index (κ3) is 4.45. The first kappa shape index (κ1) is 22.2. The fourth-order valence-corrected chi connectivity index (χ4v) is 5.01. The number of pyridine rings is 1. The zero-order valence-electron chi connectivity index (χ0n) is 17.1. The number of nitrogens with zero attached hydrogens (tertiary/aromatic N) is 3. The topological polar surface area (TPSA) is 89.5 Å². The van der Waals surface area contributed by atoms with Crippen LogP contribution in [0.25, 0.3) is 10.2 Å². The number of sulfone groups is 1. The molecule has 7 nitrogen and oxygen atoms in total. The Morgan fingerprint density at radius 1 is 1.16 bits per heavy atom. The predicted molar refractivity (Wildman–Crippen MR) is 125 cm³/mol. The van der Waals surface area contributed by atoms with Gasteiger partial charge in [0.15, 0.2) is 15.0 Å². The average molecular weight is 488 g/mol. The quantitative estimate of drug-likeness (QED) is 0.394. The molecule has 10 heteroatoms. The van der Waals surface area contributed by atoms with Gasteiger partial charge in [0.2, 0.25) is 0 Å². The van der Waals surface area contributed by atoms with Crippen LogP contribution in [0.5, 0.6) is 5.75 Å². The minimum absolute atomic E-state index is 0.143. The smallest absolute Gasteiger partial charge is 0.260 e. The van der Waals surface area contributed by atoms with Crippen molar-refractivity contribution in [3.63, 3.8) is 0 Å². The average Bonchev–Trinajstić information content (AvgIpc) is 3.24. The minimum atomic E-state index is -3.37. The SMILES string of the molecule is COc1ccc(Cl)c2sc(N(Cc3cccnc3)C(=O)c3ccc(S(C)(=O)=O)cc3)nc12. The van der Waals surface area contributed by atoms with Gasteiger partial charge in [0.05, 0.1) is 28.3 Å². The van der Waals surface area contributed by atoms with Crippen LogP contribution < -0.4 is 9.64 Å². The molecule has 164 valence electrons. The van der Waals surface area contributed by atoms with Gasteiger partial charge >= 0.3 is 0 Å². The maximum absolute atomic E-state index is 13.5. The number of hydrogen-bond acceptors (Lipinski definition) is 7. The third-order valence-corrected chi connectivity index (χ3v) is 7.40. The summed E-state index contributed by atoms with van der Waals surface area (Å²) >= 11 is 7.64. The molecule has 0 aliphatic carbocycles. The number of methoxy groups -OCH3 is 1. The van der Waals surface area contributed by atoms with E-state index in [-0.39, 0.29) is 17.3 Å². The molecule has 0 saturated heterocycles. The van der Waals surface area contributed by atoms with E-state index < -0.39 is 9.84 Å². The highest BCUT2D eigenvalue weighted by Crippen LogP contribution is 2.39. The van der Waals surface area contributed by atoms with Crippen molar-refractivity contribution in [3.8, 4) is 5.75 Å². The summed E-state index contributed by atoms with van der Waals surface area (Å²) in [6.45, 7) is 0.222. The predicted octanol–water partition coefficient (Wildman–Crippen LogP) is 4.60. The van der Waals surface area contributed by atoms with Crippen LogP contribution in [-0.2, 0) is 16.4 Å². The van der Waals surface area contributed by atoms with Crippen LogP contribution in [0.4, 0.5) is 5.13 Å². The van der Waals surface area contributed by atoms with Crippen molar-refractivity contribution in [3.05, 3.63) is 77.1 Å². The number of carbonyl (C=O) groups is 1. The number of hydrogen-bond donors (Lipinski definition) is 0. The van der Waals surface area contributed by atoms with E-state index in [9.17, 15) is 13.2 Å². The molecule has 0 atom stereocenters. The van der Waals surface area contributed by atoms with Gasteiger partial charge in [-0.05, 0) is 48.0 Å². The largest absolute Gasteiger partial charge is 0.494 e.